The molecule has 1 heterocycles. The van der Waals surface area contributed by atoms with E-state index in [4.69, 9.17) is 5.11 Å². The lowest BCUT2D eigenvalue weighted by Gasteiger charge is -2.39. The molecule has 7 heteroatoms. The van der Waals surface area contributed by atoms with Crippen molar-refractivity contribution in [2.24, 2.45) is 0 Å². The number of nitro groups is 1. The van der Waals surface area contributed by atoms with Gasteiger partial charge in [-0.05, 0) is 26.3 Å². The van der Waals surface area contributed by atoms with Crippen LogP contribution in [0.4, 0.5) is 5.69 Å². The Labute approximate surface area is 142 Å². The van der Waals surface area contributed by atoms with Crippen molar-refractivity contribution in [3.05, 3.63) is 39.9 Å². The minimum Gasteiger partial charge on any atom is -0.480 e. The zero-order valence-electron chi connectivity index (χ0n) is 14.2. The lowest BCUT2D eigenvalue weighted by molar-refractivity contribution is -0.386. The molecule has 0 amide bonds. The fourth-order valence-electron chi connectivity index (χ4n) is 3.51. The Bertz CT molecular complexity index is 585. The summed E-state index contributed by atoms with van der Waals surface area (Å²) in [6.45, 7) is 6.39. The number of rotatable bonds is 7. The Morgan fingerprint density at radius 2 is 2.04 bits per heavy atom. The van der Waals surface area contributed by atoms with Crippen molar-refractivity contribution in [2.75, 3.05) is 26.2 Å². The van der Waals surface area contributed by atoms with Gasteiger partial charge in [0, 0.05) is 36.8 Å². The van der Waals surface area contributed by atoms with Gasteiger partial charge in [-0.25, -0.2) is 0 Å². The van der Waals surface area contributed by atoms with E-state index in [9.17, 15) is 14.9 Å². The molecular formula is C17H25N3O4. The predicted octanol–water partition coefficient (Wildman–Crippen LogP) is 2.53. The van der Waals surface area contributed by atoms with Gasteiger partial charge in [0.05, 0.1) is 11.5 Å². The van der Waals surface area contributed by atoms with E-state index in [0.717, 1.165) is 38.0 Å². The summed E-state index contributed by atoms with van der Waals surface area (Å²) in [4.78, 5) is 26.1. The molecule has 24 heavy (non-hydrogen) atoms. The van der Waals surface area contributed by atoms with E-state index >= 15 is 0 Å². The molecule has 0 bridgehead atoms. The summed E-state index contributed by atoms with van der Waals surface area (Å²) < 4.78 is 0. The highest BCUT2D eigenvalue weighted by atomic mass is 16.6. The van der Waals surface area contributed by atoms with Crippen LogP contribution >= 0.6 is 0 Å². The molecule has 1 aromatic rings. The van der Waals surface area contributed by atoms with Crippen molar-refractivity contribution in [2.45, 2.75) is 38.8 Å². The molecule has 7 nitrogen and oxygen atoms in total. The van der Waals surface area contributed by atoms with E-state index < -0.39 is 5.97 Å². The van der Waals surface area contributed by atoms with E-state index in [2.05, 4.69) is 4.90 Å². The van der Waals surface area contributed by atoms with Gasteiger partial charge in [-0.1, -0.05) is 25.1 Å². The zero-order valence-corrected chi connectivity index (χ0v) is 14.2. The average molecular weight is 335 g/mol. The molecule has 132 valence electrons. The summed E-state index contributed by atoms with van der Waals surface area (Å²) in [5, 5.41) is 20.2. The van der Waals surface area contributed by atoms with Crippen LogP contribution in [0.5, 0.6) is 0 Å². The van der Waals surface area contributed by atoms with Gasteiger partial charge in [0.2, 0.25) is 0 Å². The highest BCUT2D eigenvalue weighted by molar-refractivity contribution is 5.69. The molecule has 1 saturated heterocycles. The highest BCUT2D eigenvalue weighted by Crippen LogP contribution is 2.31. The van der Waals surface area contributed by atoms with E-state index in [1.807, 2.05) is 30.9 Å². The molecular weight excluding hydrogens is 310 g/mol. The summed E-state index contributed by atoms with van der Waals surface area (Å²) in [7, 11) is 0. The minimum atomic E-state index is -0.799. The summed E-state index contributed by atoms with van der Waals surface area (Å²) in [6.07, 6.45) is 1.76. The average Bonchev–Trinajstić information content (AvgIpc) is 2.59. The van der Waals surface area contributed by atoms with Crippen LogP contribution in [0.1, 0.15) is 38.3 Å². The molecule has 0 aromatic heterocycles. The number of nitrogens with zero attached hydrogens (tertiary/aromatic N) is 3. The van der Waals surface area contributed by atoms with Gasteiger partial charge in [0.25, 0.3) is 5.69 Å². The number of likely N-dealkylation sites (N-methyl/N-ethyl adjacent to an activating group) is 1. The molecule has 1 unspecified atom stereocenters. The van der Waals surface area contributed by atoms with Gasteiger partial charge in [0.1, 0.15) is 0 Å². The molecule has 2 rings (SSSR count). The fraction of sp³-hybridized carbons (Fsp3) is 0.588. The number of benzene rings is 1. The van der Waals surface area contributed by atoms with Crippen molar-refractivity contribution in [1.29, 1.82) is 0 Å². The van der Waals surface area contributed by atoms with Gasteiger partial charge in [0.15, 0.2) is 0 Å². The van der Waals surface area contributed by atoms with Gasteiger partial charge in [-0.2, -0.15) is 0 Å². The number of hydrogen-bond donors (Lipinski definition) is 1. The summed E-state index contributed by atoms with van der Waals surface area (Å²) >= 11 is 0. The number of nitro benzene ring substituents is 1. The fourth-order valence-corrected chi connectivity index (χ4v) is 3.51. The molecule has 0 aliphatic carbocycles. The van der Waals surface area contributed by atoms with Crippen molar-refractivity contribution < 1.29 is 14.8 Å². The highest BCUT2D eigenvalue weighted by Gasteiger charge is 2.29. The number of carboxylic acids is 1. The third-order valence-corrected chi connectivity index (χ3v) is 4.89. The smallest absolute Gasteiger partial charge is 0.317 e. The Kier molecular flexibility index (Phi) is 6.28. The quantitative estimate of drug-likeness (QED) is 0.608. The maximum Gasteiger partial charge on any atom is 0.317 e. The molecule has 0 saturated carbocycles. The number of piperidine rings is 1. The molecule has 0 spiro atoms. The maximum atomic E-state index is 11.2. The second kappa shape index (κ2) is 8.21. The second-order valence-corrected chi connectivity index (χ2v) is 6.22. The van der Waals surface area contributed by atoms with Gasteiger partial charge < -0.3 is 5.11 Å². The molecule has 1 aliphatic heterocycles. The number of para-hydroxylation sites is 1. The van der Waals surface area contributed by atoms with Crippen molar-refractivity contribution in [3.8, 4) is 0 Å². The standard InChI is InChI=1S/C17H25N3O4/c1-3-18(12-17(21)22)14-8-10-19(11-9-14)13(2)15-6-4-5-7-16(15)20(23)24/h4-7,13-14H,3,8-12H2,1-2H3,(H,21,22). The van der Waals surface area contributed by atoms with Gasteiger partial charge in [-0.15, -0.1) is 0 Å². The number of aliphatic carboxylic acids is 1. The Balaban J connectivity index is 2.02. The molecule has 0 radical (unpaired) electrons. The lowest BCUT2D eigenvalue weighted by atomic mass is 9.98. The SMILES string of the molecule is CCN(CC(=O)O)C1CCN(C(C)c2ccccc2[N+](=O)[O-])CC1. The molecule has 1 aliphatic rings. The van der Waals surface area contributed by atoms with Crippen LogP contribution < -0.4 is 0 Å². The van der Waals surface area contributed by atoms with E-state index in [1.54, 1.807) is 12.1 Å². The molecule has 1 aromatic carbocycles. The van der Waals surface area contributed by atoms with Crippen LogP contribution in [0.25, 0.3) is 0 Å². The van der Waals surface area contributed by atoms with Crippen LogP contribution in [-0.4, -0.2) is 58.0 Å². The molecule has 1 atom stereocenters. The predicted molar refractivity (Wildman–Crippen MR) is 91.0 cm³/mol. The maximum absolute atomic E-state index is 11.2. The van der Waals surface area contributed by atoms with Crippen molar-refractivity contribution in [3.63, 3.8) is 0 Å². The number of carbonyl (C=O) groups is 1. The van der Waals surface area contributed by atoms with Gasteiger partial charge in [-0.3, -0.25) is 24.7 Å². The summed E-state index contributed by atoms with van der Waals surface area (Å²) in [6, 6.07) is 7.12. The Hall–Kier alpha value is -1.99. The number of likely N-dealkylation sites (tertiary alicyclic amines) is 1. The number of hydrogen-bond acceptors (Lipinski definition) is 5. The monoisotopic (exact) mass is 335 g/mol. The summed E-state index contributed by atoms with van der Waals surface area (Å²) in [5.41, 5.74) is 0.895. The van der Waals surface area contributed by atoms with Crippen LogP contribution in [0.2, 0.25) is 0 Å². The third-order valence-electron chi connectivity index (χ3n) is 4.89. The molecule has 1 N–H and O–H groups in total. The first-order valence-electron chi connectivity index (χ1n) is 8.37. The zero-order chi connectivity index (χ0) is 17.7. The first-order chi connectivity index (χ1) is 11.4. The van der Waals surface area contributed by atoms with Crippen LogP contribution in [0.15, 0.2) is 24.3 Å². The van der Waals surface area contributed by atoms with E-state index in [1.165, 1.54) is 0 Å². The first kappa shape index (κ1) is 18.4. The second-order valence-electron chi connectivity index (χ2n) is 6.22. The van der Waals surface area contributed by atoms with Crippen molar-refractivity contribution >= 4 is 11.7 Å². The van der Waals surface area contributed by atoms with Crippen molar-refractivity contribution in [1.82, 2.24) is 9.80 Å². The van der Waals surface area contributed by atoms with Crippen LogP contribution in [0.3, 0.4) is 0 Å². The van der Waals surface area contributed by atoms with E-state index in [0.29, 0.717) is 0 Å². The minimum absolute atomic E-state index is 0.0258. The van der Waals surface area contributed by atoms with Gasteiger partial charge >= 0.3 is 5.97 Å². The normalized spacial score (nSPS) is 17.8. The topological polar surface area (TPSA) is 86.9 Å². The molecule has 1 fully saturated rings. The third kappa shape index (κ3) is 4.30. The van der Waals surface area contributed by atoms with E-state index in [-0.39, 0.29) is 29.2 Å². The Morgan fingerprint density at radius 3 is 2.58 bits per heavy atom. The number of carboxylic acid groups (broad SMARTS) is 1. The Morgan fingerprint density at radius 1 is 1.42 bits per heavy atom. The summed E-state index contributed by atoms with van der Waals surface area (Å²) in [5.74, 6) is -0.799. The van der Waals surface area contributed by atoms with Crippen LogP contribution in [-0.2, 0) is 4.79 Å². The van der Waals surface area contributed by atoms with Crippen LogP contribution in [0, 0.1) is 10.1 Å². The first-order valence-corrected chi connectivity index (χ1v) is 8.37. The lowest BCUT2D eigenvalue weighted by Crippen LogP contribution is -2.47. The largest absolute Gasteiger partial charge is 0.480 e.